The Hall–Kier alpha value is 0.250. The van der Waals surface area contributed by atoms with Crippen LogP contribution < -0.4 is 5.73 Å². The summed E-state index contributed by atoms with van der Waals surface area (Å²) in [5.41, 5.74) is 5.80. The van der Waals surface area contributed by atoms with Gasteiger partial charge in [0.2, 0.25) is 0 Å². The molecule has 14 heavy (non-hydrogen) atoms. The van der Waals surface area contributed by atoms with Crippen molar-refractivity contribution in [2.75, 3.05) is 0 Å². The molecule has 0 fully saturated rings. The second-order valence-electron chi connectivity index (χ2n) is 4.39. The molecule has 0 aromatic carbocycles. The average Bonchev–Trinajstić information content (AvgIpc) is 2.10. The van der Waals surface area contributed by atoms with E-state index in [2.05, 4.69) is 20.8 Å². The van der Waals surface area contributed by atoms with E-state index in [4.69, 9.17) is 5.73 Å². The number of hydrogen-bond donors (Lipinski definition) is 1. The van der Waals surface area contributed by atoms with Crippen molar-refractivity contribution in [2.45, 2.75) is 71.8 Å². The standard InChI is InChI=1S/C12H27N.ClH/c1-4-5-6-7-8-9-10-11(2)12(3)13;/h11-12H,4-10,13H2,1-3H3;1H. The van der Waals surface area contributed by atoms with Gasteiger partial charge in [0.25, 0.3) is 0 Å². The van der Waals surface area contributed by atoms with Gasteiger partial charge in [-0.2, -0.15) is 0 Å². The Labute approximate surface area is 96.2 Å². The van der Waals surface area contributed by atoms with E-state index in [9.17, 15) is 0 Å². The van der Waals surface area contributed by atoms with Gasteiger partial charge in [0.1, 0.15) is 0 Å². The van der Waals surface area contributed by atoms with Gasteiger partial charge in [-0.25, -0.2) is 0 Å². The summed E-state index contributed by atoms with van der Waals surface area (Å²) in [6.07, 6.45) is 9.66. The second-order valence-corrected chi connectivity index (χ2v) is 4.39. The summed E-state index contributed by atoms with van der Waals surface area (Å²) in [5.74, 6) is 0.700. The minimum Gasteiger partial charge on any atom is -0.328 e. The summed E-state index contributed by atoms with van der Waals surface area (Å²) in [6.45, 7) is 6.64. The van der Waals surface area contributed by atoms with Gasteiger partial charge < -0.3 is 5.73 Å². The molecule has 0 bridgehead atoms. The van der Waals surface area contributed by atoms with E-state index in [1.807, 2.05) is 0 Å². The van der Waals surface area contributed by atoms with E-state index in [1.165, 1.54) is 44.9 Å². The van der Waals surface area contributed by atoms with Crippen molar-refractivity contribution in [1.82, 2.24) is 0 Å². The maximum atomic E-state index is 5.80. The monoisotopic (exact) mass is 221 g/mol. The third kappa shape index (κ3) is 10.3. The Balaban J connectivity index is 0. The van der Waals surface area contributed by atoms with Gasteiger partial charge in [0.05, 0.1) is 0 Å². The van der Waals surface area contributed by atoms with Crippen LogP contribution in [0, 0.1) is 5.92 Å². The van der Waals surface area contributed by atoms with Gasteiger partial charge in [-0.05, 0) is 19.3 Å². The maximum absolute atomic E-state index is 5.80. The molecular formula is C12H28ClN. The molecule has 0 rings (SSSR count). The highest BCUT2D eigenvalue weighted by atomic mass is 35.5. The first kappa shape index (κ1) is 16.7. The van der Waals surface area contributed by atoms with Crippen LogP contribution in [0.25, 0.3) is 0 Å². The quantitative estimate of drug-likeness (QED) is 0.613. The van der Waals surface area contributed by atoms with Crippen molar-refractivity contribution in [3.8, 4) is 0 Å². The summed E-state index contributed by atoms with van der Waals surface area (Å²) in [6, 6.07) is 0.371. The zero-order valence-electron chi connectivity index (χ0n) is 10.1. The molecule has 0 amide bonds. The lowest BCUT2D eigenvalue weighted by atomic mass is 9.96. The van der Waals surface area contributed by atoms with Gasteiger partial charge in [-0.1, -0.05) is 52.4 Å². The molecule has 88 valence electrons. The van der Waals surface area contributed by atoms with E-state index < -0.39 is 0 Å². The highest BCUT2D eigenvalue weighted by molar-refractivity contribution is 5.85. The Morgan fingerprint density at radius 1 is 0.929 bits per heavy atom. The summed E-state index contributed by atoms with van der Waals surface area (Å²) >= 11 is 0. The minimum atomic E-state index is 0. The van der Waals surface area contributed by atoms with Crippen LogP contribution in [0.2, 0.25) is 0 Å². The first-order valence-corrected chi connectivity index (χ1v) is 5.94. The van der Waals surface area contributed by atoms with Crippen molar-refractivity contribution < 1.29 is 0 Å². The van der Waals surface area contributed by atoms with E-state index >= 15 is 0 Å². The van der Waals surface area contributed by atoms with Crippen LogP contribution in [0.5, 0.6) is 0 Å². The molecule has 0 aliphatic heterocycles. The van der Waals surface area contributed by atoms with Gasteiger partial charge in [-0.3, -0.25) is 0 Å². The Morgan fingerprint density at radius 3 is 1.93 bits per heavy atom. The lowest BCUT2D eigenvalue weighted by Gasteiger charge is -2.14. The van der Waals surface area contributed by atoms with Crippen LogP contribution in [0.1, 0.15) is 65.7 Å². The second kappa shape index (κ2) is 11.3. The zero-order valence-corrected chi connectivity index (χ0v) is 10.9. The summed E-state index contributed by atoms with van der Waals surface area (Å²) in [5, 5.41) is 0. The van der Waals surface area contributed by atoms with Crippen molar-refractivity contribution >= 4 is 12.4 Å². The fourth-order valence-corrected chi connectivity index (χ4v) is 1.51. The zero-order chi connectivity index (χ0) is 10.1. The van der Waals surface area contributed by atoms with Crippen LogP contribution in [0.4, 0.5) is 0 Å². The number of hydrogen-bond acceptors (Lipinski definition) is 1. The molecule has 0 aromatic heterocycles. The summed E-state index contributed by atoms with van der Waals surface area (Å²) in [4.78, 5) is 0. The van der Waals surface area contributed by atoms with Crippen molar-refractivity contribution in [2.24, 2.45) is 11.7 Å². The molecule has 0 aliphatic carbocycles. The summed E-state index contributed by atoms with van der Waals surface area (Å²) in [7, 11) is 0. The van der Waals surface area contributed by atoms with Crippen molar-refractivity contribution in [3.63, 3.8) is 0 Å². The van der Waals surface area contributed by atoms with Crippen LogP contribution in [-0.4, -0.2) is 6.04 Å². The predicted octanol–water partition coefficient (Wildman–Crippen LogP) is 4.14. The normalized spacial score (nSPS) is 14.6. The first-order valence-electron chi connectivity index (χ1n) is 5.94. The molecule has 2 heteroatoms. The SMILES string of the molecule is CCCCCCCCC(C)C(C)N.Cl. The van der Waals surface area contributed by atoms with Crippen LogP contribution >= 0.6 is 12.4 Å². The fourth-order valence-electron chi connectivity index (χ4n) is 1.51. The number of unbranched alkanes of at least 4 members (excludes halogenated alkanes) is 5. The van der Waals surface area contributed by atoms with Crippen LogP contribution in [0.3, 0.4) is 0 Å². The molecule has 0 heterocycles. The van der Waals surface area contributed by atoms with Gasteiger partial charge in [-0.15, -0.1) is 12.4 Å². The molecule has 0 aromatic rings. The molecule has 0 saturated heterocycles. The number of rotatable bonds is 8. The smallest absolute Gasteiger partial charge is 0.00361 e. The molecule has 1 nitrogen and oxygen atoms in total. The molecule has 0 saturated carbocycles. The van der Waals surface area contributed by atoms with E-state index in [0.717, 1.165) is 0 Å². The predicted molar refractivity (Wildman–Crippen MR) is 68.1 cm³/mol. The third-order valence-corrected chi connectivity index (χ3v) is 2.91. The Morgan fingerprint density at radius 2 is 1.43 bits per heavy atom. The highest BCUT2D eigenvalue weighted by Gasteiger charge is 2.05. The third-order valence-electron chi connectivity index (χ3n) is 2.91. The molecule has 0 radical (unpaired) electrons. The number of halogens is 1. The van der Waals surface area contributed by atoms with E-state index in [1.54, 1.807) is 0 Å². The molecule has 0 aliphatic rings. The van der Waals surface area contributed by atoms with Crippen LogP contribution in [0.15, 0.2) is 0 Å². The summed E-state index contributed by atoms with van der Waals surface area (Å²) < 4.78 is 0. The largest absolute Gasteiger partial charge is 0.328 e. The van der Waals surface area contributed by atoms with Crippen molar-refractivity contribution in [1.29, 1.82) is 0 Å². The topological polar surface area (TPSA) is 26.0 Å². The average molecular weight is 222 g/mol. The molecule has 2 unspecified atom stereocenters. The molecule has 0 spiro atoms. The van der Waals surface area contributed by atoms with Gasteiger partial charge in [0.15, 0.2) is 0 Å². The maximum Gasteiger partial charge on any atom is 0.00361 e. The lowest BCUT2D eigenvalue weighted by Crippen LogP contribution is -2.23. The molecule has 2 atom stereocenters. The Kier molecular flexibility index (Phi) is 13.5. The van der Waals surface area contributed by atoms with Crippen molar-refractivity contribution in [3.05, 3.63) is 0 Å². The van der Waals surface area contributed by atoms with Gasteiger partial charge in [0, 0.05) is 6.04 Å². The fraction of sp³-hybridized carbons (Fsp3) is 1.00. The number of nitrogens with two attached hydrogens (primary N) is 1. The van der Waals surface area contributed by atoms with E-state index in [0.29, 0.717) is 12.0 Å². The van der Waals surface area contributed by atoms with Crippen LogP contribution in [-0.2, 0) is 0 Å². The Bertz CT molecular complexity index is 104. The van der Waals surface area contributed by atoms with Gasteiger partial charge >= 0.3 is 0 Å². The molecule has 2 N–H and O–H groups in total. The lowest BCUT2D eigenvalue weighted by molar-refractivity contribution is 0.424. The molecular weight excluding hydrogens is 194 g/mol. The highest BCUT2D eigenvalue weighted by Crippen LogP contribution is 2.13. The van der Waals surface area contributed by atoms with E-state index in [-0.39, 0.29) is 12.4 Å². The first-order chi connectivity index (χ1) is 6.18. The minimum absolute atomic E-state index is 0.